The molecule has 4 atom stereocenters. The van der Waals surface area contributed by atoms with Gasteiger partial charge in [0, 0.05) is 0 Å². The van der Waals surface area contributed by atoms with E-state index in [0.29, 0.717) is 25.0 Å². The van der Waals surface area contributed by atoms with Crippen LogP contribution in [0.5, 0.6) is 0 Å². The number of nitrogens with one attached hydrogen (secondary N) is 1. The molecular weight excluding hydrogens is 344 g/mol. The van der Waals surface area contributed by atoms with Gasteiger partial charge in [-0.25, -0.2) is 0 Å². The average molecular weight is 372 g/mol. The highest BCUT2D eigenvalue weighted by Crippen LogP contribution is 2.37. The summed E-state index contributed by atoms with van der Waals surface area (Å²) in [6.07, 6.45) is 5.50. The van der Waals surface area contributed by atoms with Gasteiger partial charge in [0.05, 0.1) is 17.9 Å². The molecule has 1 aliphatic heterocycles. The van der Waals surface area contributed by atoms with Crippen molar-refractivity contribution in [3.05, 3.63) is 35.8 Å². The van der Waals surface area contributed by atoms with Gasteiger partial charge >= 0.3 is 0 Å². The van der Waals surface area contributed by atoms with Crippen LogP contribution in [-0.2, 0) is 14.4 Å². The lowest BCUT2D eigenvalue weighted by molar-refractivity contribution is -0.148. The highest BCUT2D eigenvalue weighted by molar-refractivity contribution is 6.08. The third kappa shape index (κ3) is 3.84. The number of furan rings is 1. The van der Waals surface area contributed by atoms with Crippen LogP contribution in [0, 0.1) is 24.7 Å². The van der Waals surface area contributed by atoms with E-state index in [4.69, 9.17) is 4.42 Å². The predicted octanol–water partition coefficient (Wildman–Crippen LogP) is 3.13. The topological polar surface area (TPSA) is 79.6 Å². The molecule has 1 aliphatic carbocycles. The number of aryl methyl sites for hydroxylation is 1. The van der Waals surface area contributed by atoms with Crippen molar-refractivity contribution in [1.29, 1.82) is 0 Å². The van der Waals surface area contributed by atoms with Crippen molar-refractivity contribution >= 4 is 17.7 Å². The minimum atomic E-state index is -0.783. The van der Waals surface area contributed by atoms with E-state index in [1.165, 1.54) is 4.90 Å². The summed E-state index contributed by atoms with van der Waals surface area (Å²) in [5.74, 6) is 0.215. The minimum Gasteiger partial charge on any atom is -0.464 e. The Bertz CT molecular complexity index is 738. The zero-order valence-corrected chi connectivity index (χ0v) is 16.4. The number of likely N-dealkylation sites (tertiary alicyclic amines) is 1. The van der Waals surface area contributed by atoms with Crippen molar-refractivity contribution in [2.24, 2.45) is 17.8 Å². The van der Waals surface area contributed by atoms with Gasteiger partial charge in [-0.1, -0.05) is 26.0 Å². The molecule has 6 nitrogen and oxygen atoms in total. The second kappa shape index (κ2) is 7.71. The van der Waals surface area contributed by atoms with Gasteiger partial charge in [-0.2, -0.15) is 0 Å². The molecule has 3 amide bonds. The van der Waals surface area contributed by atoms with Gasteiger partial charge in [-0.3, -0.25) is 19.3 Å². The normalized spacial score (nSPS) is 24.3. The molecule has 0 spiro atoms. The Morgan fingerprint density at radius 2 is 1.74 bits per heavy atom. The Labute approximate surface area is 160 Å². The summed E-state index contributed by atoms with van der Waals surface area (Å²) in [5.41, 5.74) is 0. The molecule has 0 saturated carbocycles. The first-order chi connectivity index (χ1) is 12.8. The first kappa shape index (κ1) is 19.4. The number of carbonyl (C=O) groups is 3. The number of hydrogen-bond acceptors (Lipinski definition) is 4. The lowest BCUT2D eigenvalue weighted by Gasteiger charge is -2.28. The highest BCUT2D eigenvalue weighted by Gasteiger charge is 2.51. The van der Waals surface area contributed by atoms with Crippen LogP contribution in [0.3, 0.4) is 0 Å². The molecule has 2 heterocycles. The molecule has 2 aliphatic rings. The fraction of sp³-hybridized carbons (Fsp3) is 0.571. The molecule has 0 bridgehead atoms. The first-order valence-corrected chi connectivity index (χ1v) is 9.68. The molecule has 1 aromatic rings. The highest BCUT2D eigenvalue weighted by atomic mass is 16.3. The quantitative estimate of drug-likeness (QED) is 0.615. The van der Waals surface area contributed by atoms with Crippen molar-refractivity contribution < 1.29 is 18.8 Å². The van der Waals surface area contributed by atoms with Crippen LogP contribution in [0.15, 0.2) is 28.7 Å². The number of amides is 3. The SMILES string of the molecule is Cc1ccc(C(C)NC(=O)C(CC(C)C)N2C(=O)C3CC=CCC3C2=O)o1. The number of hydrogen-bond donors (Lipinski definition) is 1. The molecule has 0 radical (unpaired) electrons. The third-order valence-electron chi connectivity index (χ3n) is 5.40. The maximum absolute atomic E-state index is 13.0. The van der Waals surface area contributed by atoms with Crippen LogP contribution in [0.1, 0.15) is 57.6 Å². The van der Waals surface area contributed by atoms with Crippen molar-refractivity contribution in [3.8, 4) is 0 Å². The van der Waals surface area contributed by atoms with E-state index in [-0.39, 0.29) is 41.5 Å². The van der Waals surface area contributed by atoms with Gasteiger partial charge in [-0.15, -0.1) is 0 Å². The van der Waals surface area contributed by atoms with Crippen molar-refractivity contribution in [2.45, 2.75) is 59.0 Å². The van der Waals surface area contributed by atoms with Crippen LogP contribution in [0.2, 0.25) is 0 Å². The van der Waals surface area contributed by atoms with Gasteiger partial charge in [0.15, 0.2) is 0 Å². The molecule has 0 aromatic carbocycles. The van der Waals surface area contributed by atoms with Gasteiger partial charge in [-0.05, 0) is 51.2 Å². The van der Waals surface area contributed by atoms with Gasteiger partial charge in [0.25, 0.3) is 0 Å². The lowest BCUT2D eigenvalue weighted by atomic mass is 9.85. The minimum absolute atomic E-state index is 0.170. The summed E-state index contributed by atoms with van der Waals surface area (Å²) in [4.78, 5) is 40.1. The zero-order chi connectivity index (χ0) is 19.7. The molecule has 27 heavy (non-hydrogen) atoms. The Balaban J connectivity index is 1.80. The average Bonchev–Trinajstić information content (AvgIpc) is 3.16. The summed E-state index contributed by atoms with van der Waals surface area (Å²) >= 11 is 0. The third-order valence-corrected chi connectivity index (χ3v) is 5.40. The lowest BCUT2D eigenvalue weighted by Crippen LogP contribution is -2.51. The summed E-state index contributed by atoms with van der Waals surface area (Å²) in [5, 5.41) is 2.92. The summed E-state index contributed by atoms with van der Waals surface area (Å²) in [7, 11) is 0. The molecule has 1 fully saturated rings. The number of rotatable bonds is 6. The standard InChI is InChI=1S/C21H28N2O4/c1-12(2)11-17(19(24)22-14(4)18-10-9-13(3)27-18)23-20(25)15-7-5-6-8-16(15)21(23)26/h5-6,9-10,12,14-17H,7-8,11H2,1-4H3,(H,22,24). The van der Waals surface area contributed by atoms with Crippen LogP contribution < -0.4 is 5.32 Å². The van der Waals surface area contributed by atoms with Crippen LogP contribution in [0.4, 0.5) is 0 Å². The summed E-state index contributed by atoms with van der Waals surface area (Å²) in [6, 6.07) is 2.55. The van der Waals surface area contributed by atoms with Crippen LogP contribution in [-0.4, -0.2) is 28.7 Å². The second-order valence-corrected chi connectivity index (χ2v) is 8.03. The number of imide groups is 1. The predicted molar refractivity (Wildman–Crippen MR) is 100 cm³/mol. The largest absolute Gasteiger partial charge is 0.464 e. The molecule has 1 saturated heterocycles. The Hall–Kier alpha value is -2.37. The van der Waals surface area contributed by atoms with E-state index >= 15 is 0 Å². The number of allylic oxidation sites excluding steroid dienone is 2. The van der Waals surface area contributed by atoms with Crippen molar-refractivity contribution in [1.82, 2.24) is 10.2 Å². The fourth-order valence-electron chi connectivity index (χ4n) is 3.98. The number of fused-ring (bicyclic) bond motifs is 1. The zero-order valence-electron chi connectivity index (χ0n) is 16.4. The smallest absolute Gasteiger partial charge is 0.243 e. The fourth-order valence-corrected chi connectivity index (χ4v) is 3.98. The van der Waals surface area contributed by atoms with E-state index in [1.54, 1.807) is 0 Å². The number of carbonyl (C=O) groups excluding carboxylic acids is 3. The molecule has 1 aromatic heterocycles. The van der Waals surface area contributed by atoms with E-state index < -0.39 is 6.04 Å². The van der Waals surface area contributed by atoms with Gasteiger partial charge < -0.3 is 9.73 Å². The Morgan fingerprint density at radius 1 is 1.15 bits per heavy atom. The summed E-state index contributed by atoms with van der Waals surface area (Å²) in [6.45, 7) is 7.65. The maximum Gasteiger partial charge on any atom is 0.243 e. The van der Waals surface area contributed by atoms with E-state index in [1.807, 2.05) is 52.0 Å². The van der Waals surface area contributed by atoms with E-state index in [0.717, 1.165) is 5.76 Å². The Morgan fingerprint density at radius 3 is 2.22 bits per heavy atom. The molecule has 3 rings (SSSR count). The monoisotopic (exact) mass is 372 g/mol. The molecule has 1 N–H and O–H groups in total. The van der Waals surface area contributed by atoms with Crippen molar-refractivity contribution in [2.75, 3.05) is 0 Å². The van der Waals surface area contributed by atoms with Gasteiger partial charge in [0.1, 0.15) is 17.6 Å². The van der Waals surface area contributed by atoms with E-state index in [9.17, 15) is 14.4 Å². The molecular formula is C21H28N2O4. The van der Waals surface area contributed by atoms with Crippen LogP contribution in [0.25, 0.3) is 0 Å². The van der Waals surface area contributed by atoms with E-state index in [2.05, 4.69) is 5.32 Å². The molecule has 6 heteroatoms. The summed E-state index contributed by atoms with van der Waals surface area (Å²) < 4.78 is 5.58. The van der Waals surface area contributed by atoms with Gasteiger partial charge in [0.2, 0.25) is 17.7 Å². The Kier molecular flexibility index (Phi) is 5.53. The van der Waals surface area contributed by atoms with Crippen LogP contribution >= 0.6 is 0 Å². The van der Waals surface area contributed by atoms with Crippen molar-refractivity contribution in [3.63, 3.8) is 0 Å². The molecule has 4 unspecified atom stereocenters. The second-order valence-electron chi connectivity index (χ2n) is 8.03. The number of nitrogens with zero attached hydrogens (tertiary/aromatic N) is 1. The maximum atomic E-state index is 13.0. The molecule has 146 valence electrons. The first-order valence-electron chi connectivity index (χ1n) is 9.68.